The Morgan fingerprint density at radius 3 is 2.52 bits per heavy atom. The van der Waals surface area contributed by atoms with Crippen LogP contribution in [0.2, 0.25) is 0 Å². The zero-order chi connectivity index (χ0) is 14.7. The molecule has 1 aliphatic carbocycles. The Morgan fingerprint density at radius 2 is 1.90 bits per heavy atom. The number of nitrogens with one attached hydrogen (secondary N) is 1. The van der Waals surface area contributed by atoms with Gasteiger partial charge in [-0.3, -0.25) is 4.79 Å². The van der Waals surface area contributed by atoms with Gasteiger partial charge in [0.25, 0.3) is 5.91 Å². The molecule has 1 fully saturated rings. The van der Waals surface area contributed by atoms with Gasteiger partial charge in [-0.15, -0.1) is 0 Å². The first-order valence-electron chi connectivity index (χ1n) is 7.31. The Labute approximate surface area is 123 Å². The van der Waals surface area contributed by atoms with Gasteiger partial charge >= 0.3 is 0 Å². The second-order valence-electron chi connectivity index (χ2n) is 5.48. The van der Waals surface area contributed by atoms with Crippen molar-refractivity contribution in [3.63, 3.8) is 0 Å². The first kappa shape index (κ1) is 13.8. The highest BCUT2D eigenvalue weighted by Crippen LogP contribution is 2.19. The van der Waals surface area contributed by atoms with Crippen LogP contribution in [0.4, 0.5) is 0 Å². The minimum atomic E-state index is -0.202. The minimum absolute atomic E-state index is 0.0524. The van der Waals surface area contributed by atoms with Crippen LogP contribution in [0.15, 0.2) is 42.7 Å². The molecule has 110 valence electrons. The van der Waals surface area contributed by atoms with Crippen LogP contribution in [0.3, 0.4) is 0 Å². The zero-order valence-corrected chi connectivity index (χ0v) is 11.8. The van der Waals surface area contributed by atoms with Gasteiger partial charge < -0.3 is 10.4 Å². The van der Waals surface area contributed by atoms with Gasteiger partial charge in [0.15, 0.2) is 0 Å². The maximum Gasteiger partial charge on any atom is 0.251 e. The molecule has 2 aromatic rings. The Morgan fingerprint density at radius 1 is 1.19 bits per heavy atom. The highest BCUT2D eigenvalue weighted by atomic mass is 16.3. The molecule has 1 aliphatic rings. The molecular formula is C16H19N3O2. The van der Waals surface area contributed by atoms with Gasteiger partial charge in [-0.05, 0) is 56.0 Å². The van der Waals surface area contributed by atoms with Crippen LogP contribution >= 0.6 is 0 Å². The van der Waals surface area contributed by atoms with Crippen LogP contribution in [-0.4, -0.2) is 32.9 Å². The summed E-state index contributed by atoms with van der Waals surface area (Å²) < 4.78 is 1.75. The van der Waals surface area contributed by atoms with Crippen molar-refractivity contribution in [2.24, 2.45) is 0 Å². The molecule has 1 amide bonds. The molecule has 1 aromatic carbocycles. The van der Waals surface area contributed by atoms with Gasteiger partial charge in [0.05, 0.1) is 11.8 Å². The van der Waals surface area contributed by atoms with E-state index in [1.54, 1.807) is 10.9 Å². The van der Waals surface area contributed by atoms with Crippen molar-refractivity contribution < 1.29 is 9.90 Å². The van der Waals surface area contributed by atoms with Crippen LogP contribution in [0.5, 0.6) is 0 Å². The summed E-state index contributed by atoms with van der Waals surface area (Å²) in [5, 5.41) is 16.7. The first-order chi connectivity index (χ1) is 10.2. The molecule has 2 N–H and O–H groups in total. The normalized spacial score (nSPS) is 22.0. The molecule has 1 heterocycles. The fourth-order valence-corrected chi connectivity index (χ4v) is 2.68. The lowest BCUT2D eigenvalue weighted by atomic mass is 9.93. The number of carbonyl (C=O) groups is 1. The first-order valence-corrected chi connectivity index (χ1v) is 7.31. The fraction of sp³-hybridized carbons (Fsp3) is 0.375. The number of rotatable bonds is 3. The standard InChI is InChI=1S/C16H19N3O2/c20-15-8-4-13(5-9-15)18-16(21)12-2-6-14(7-3-12)19-11-1-10-17-19/h1-3,6-7,10-11,13,15,20H,4-5,8-9H2,(H,18,21). The molecule has 5 nitrogen and oxygen atoms in total. The molecule has 0 spiro atoms. The largest absolute Gasteiger partial charge is 0.393 e. The fourth-order valence-electron chi connectivity index (χ4n) is 2.68. The van der Waals surface area contributed by atoms with Gasteiger partial charge in [0.1, 0.15) is 0 Å². The van der Waals surface area contributed by atoms with Crippen molar-refractivity contribution >= 4 is 5.91 Å². The second-order valence-corrected chi connectivity index (χ2v) is 5.48. The summed E-state index contributed by atoms with van der Waals surface area (Å²) in [7, 11) is 0. The molecule has 0 unspecified atom stereocenters. The highest BCUT2D eigenvalue weighted by Gasteiger charge is 2.21. The number of amides is 1. The molecule has 1 saturated carbocycles. The van der Waals surface area contributed by atoms with E-state index in [4.69, 9.17) is 0 Å². The third kappa shape index (κ3) is 3.31. The Balaban J connectivity index is 1.62. The van der Waals surface area contributed by atoms with Gasteiger partial charge in [-0.2, -0.15) is 5.10 Å². The van der Waals surface area contributed by atoms with Gasteiger partial charge in [-0.25, -0.2) is 4.68 Å². The molecule has 0 bridgehead atoms. The average molecular weight is 285 g/mol. The Hall–Kier alpha value is -2.14. The summed E-state index contributed by atoms with van der Waals surface area (Å²) in [4.78, 5) is 12.2. The molecule has 0 atom stereocenters. The van der Waals surface area contributed by atoms with Crippen molar-refractivity contribution in [2.75, 3.05) is 0 Å². The van der Waals surface area contributed by atoms with Crippen LogP contribution < -0.4 is 5.32 Å². The summed E-state index contributed by atoms with van der Waals surface area (Å²) in [5.41, 5.74) is 1.58. The number of carbonyl (C=O) groups excluding carboxylic acids is 1. The smallest absolute Gasteiger partial charge is 0.251 e. The summed E-state index contributed by atoms with van der Waals surface area (Å²) in [6.07, 6.45) is 6.61. The average Bonchev–Trinajstić information content (AvgIpc) is 3.04. The molecule has 3 rings (SSSR count). The van der Waals surface area contributed by atoms with Crippen LogP contribution in [0.1, 0.15) is 36.0 Å². The Kier molecular flexibility index (Phi) is 4.01. The Bertz CT molecular complexity index is 584. The van der Waals surface area contributed by atoms with E-state index >= 15 is 0 Å². The predicted octanol–water partition coefficient (Wildman–Crippen LogP) is 1.91. The summed E-state index contributed by atoms with van der Waals surface area (Å²) in [6.45, 7) is 0. The molecule has 0 aliphatic heterocycles. The summed E-state index contributed by atoms with van der Waals surface area (Å²) in [5.74, 6) is -0.0524. The molecule has 0 saturated heterocycles. The van der Waals surface area contributed by atoms with E-state index in [2.05, 4.69) is 10.4 Å². The minimum Gasteiger partial charge on any atom is -0.393 e. The van der Waals surface area contributed by atoms with Gasteiger partial charge in [-0.1, -0.05) is 0 Å². The lowest BCUT2D eigenvalue weighted by molar-refractivity contribution is 0.0867. The zero-order valence-electron chi connectivity index (χ0n) is 11.8. The van der Waals surface area contributed by atoms with Gasteiger partial charge in [0, 0.05) is 24.0 Å². The number of aliphatic hydroxyl groups excluding tert-OH is 1. The number of benzene rings is 1. The lowest BCUT2D eigenvalue weighted by Crippen LogP contribution is -2.38. The van der Waals surface area contributed by atoms with E-state index in [9.17, 15) is 9.90 Å². The maximum absolute atomic E-state index is 12.2. The summed E-state index contributed by atoms with van der Waals surface area (Å²) in [6, 6.07) is 9.41. The third-order valence-electron chi connectivity index (χ3n) is 3.93. The van der Waals surface area contributed by atoms with Crippen molar-refractivity contribution in [3.8, 4) is 5.69 Å². The molecule has 5 heteroatoms. The van der Waals surface area contributed by atoms with E-state index < -0.39 is 0 Å². The van der Waals surface area contributed by atoms with E-state index in [1.165, 1.54) is 0 Å². The van der Waals surface area contributed by atoms with E-state index in [-0.39, 0.29) is 18.1 Å². The molecule has 1 aromatic heterocycles. The van der Waals surface area contributed by atoms with E-state index in [0.717, 1.165) is 31.4 Å². The molecule has 0 radical (unpaired) electrons. The van der Waals surface area contributed by atoms with Crippen molar-refractivity contribution in [1.82, 2.24) is 15.1 Å². The number of aromatic nitrogens is 2. The monoisotopic (exact) mass is 285 g/mol. The number of nitrogens with zero attached hydrogens (tertiary/aromatic N) is 2. The topological polar surface area (TPSA) is 67.2 Å². The van der Waals surface area contributed by atoms with Crippen molar-refractivity contribution in [3.05, 3.63) is 48.3 Å². The van der Waals surface area contributed by atoms with Crippen LogP contribution in [0, 0.1) is 0 Å². The molecular weight excluding hydrogens is 266 g/mol. The number of hydrogen-bond donors (Lipinski definition) is 2. The number of aliphatic hydroxyl groups is 1. The highest BCUT2D eigenvalue weighted by molar-refractivity contribution is 5.94. The van der Waals surface area contributed by atoms with Gasteiger partial charge in [0.2, 0.25) is 0 Å². The SMILES string of the molecule is O=C(NC1CCC(O)CC1)c1ccc(-n2cccn2)cc1. The lowest BCUT2D eigenvalue weighted by Gasteiger charge is -2.26. The van der Waals surface area contributed by atoms with Crippen LogP contribution in [0.25, 0.3) is 5.69 Å². The van der Waals surface area contributed by atoms with E-state index in [0.29, 0.717) is 5.56 Å². The van der Waals surface area contributed by atoms with E-state index in [1.807, 2.05) is 36.5 Å². The summed E-state index contributed by atoms with van der Waals surface area (Å²) >= 11 is 0. The number of hydrogen-bond acceptors (Lipinski definition) is 3. The third-order valence-corrected chi connectivity index (χ3v) is 3.93. The second kappa shape index (κ2) is 6.10. The van der Waals surface area contributed by atoms with Crippen molar-refractivity contribution in [1.29, 1.82) is 0 Å². The quantitative estimate of drug-likeness (QED) is 0.905. The van der Waals surface area contributed by atoms with Crippen molar-refractivity contribution in [2.45, 2.75) is 37.8 Å². The maximum atomic E-state index is 12.2. The molecule has 21 heavy (non-hydrogen) atoms. The predicted molar refractivity (Wildman–Crippen MR) is 79.3 cm³/mol. The van der Waals surface area contributed by atoms with Crippen LogP contribution in [-0.2, 0) is 0 Å².